The lowest BCUT2D eigenvalue weighted by Crippen LogP contribution is -2.40. The highest BCUT2D eigenvalue weighted by molar-refractivity contribution is 6.43. The minimum atomic E-state index is -0.257. The third-order valence-electron chi connectivity index (χ3n) is 5.88. The molecule has 2 aliphatic carbocycles. The number of aromatic nitrogens is 3. The molecule has 4 rings (SSSR count). The largest absolute Gasteiger partial charge is 0.336 e. The Labute approximate surface area is 145 Å². The molecule has 24 heavy (non-hydrogen) atoms. The van der Waals surface area contributed by atoms with E-state index in [1.165, 1.54) is 6.33 Å². The van der Waals surface area contributed by atoms with Gasteiger partial charge in [0, 0.05) is 23.4 Å². The maximum atomic E-state index is 12.7. The Morgan fingerprint density at radius 1 is 1.46 bits per heavy atom. The van der Waals surface area contributed by atoms with Crippen LogP contribution in [0.2, 0.25) is 0 Å². The fourth-order valence-corrected chi connectivity index (χ4v) is 4.30. The number of fused-ring (bicyclic) bond motifs is 1. The molecule has 0 spiro atoms. The number of nitrogens with zero attached hydrogens (tertiary/aromatic N) is 4. The van der Waals surface area contributed by atoms with Crippen molar-refractivity contribution in [1.82, 2.24) is 20.1 Å². The number of hydrogen-bond donors (Lipinski definition) is 1. The van der Waals surface area contributed by atoms with Gasteiger partial charge in [-0.1, -0.05) is 31.5 Å². The van der Waals surface area contributed by atoms with Crippen LogP contribution >= 0.6 is 11.6 Å². The van der Waals surface area contributed by atoms with Crippen molar-refractivity contribution in [3.8, 4) is 0 Å². The summed E-state index contributed by atoms with van der Waals surface area (Å²) in [5, 5.41) is 8.07. The van der Waals surface area contributed by atoms with E-state index in [0.717, 1.165) is 11.3 Å². The minimum Gasteiger partial charge on any atom is -0.336 e. The molecule has 3 aliphatic rings. The minimum absolute atomic E-state index is 0.0416. The molecule has 2 heterocycles. The van der Waals surface area contributed by atoms with Crippen LogP contribution in [0.1, 0.15) is 33.2 Å². The monoisotopic (exact) mass is 345 g/mol. The van der Waals surface area contributed by atoms with Crippen molar-refractivity contribution in [2.24, 2.45) is 22.2 Å². The van der Waals surface area contributed by atoms with Crippen LogP contribution in [0.25, 0.3) is 0 Å². The predicted molar refractivity (Wildman–Crippen MR) is 91.5 cm³/mol. The maximum Gasteiger partial charge on any atom is 0.204 e. The Balaban J connectivity index is 1.55. The average molecular weight is 346 g/mol. The Morgan fingerprint density at radius 3 is 2.92 bits per heavy atom. The molecule has 1 aliphatic heterocycles. The van der Waals surface area contributed by atoms with Gasteiger partial charge in [0.2, 0.25) is 5.78 Å². The number of halogens is 1. The van der Waals surface area contributed by atoms with Gasteiger partial charge < -0.3 is 5.32 Å². The van der Waals surface area contributed by atoms with Crippen molar-refractivity contribution < 1.29 is 4.79 Å². The molecule has 4 atom stereocenters. The van der Waals surface area contributed by atoms with E-state index < -0.39 is 0 Å². The summed E-state index contributed by atoms with van der Waals surface area (Å²) in [7, 11) is 0. The van der Waals surface area contributed by atoms with E-state index in [1.54, 1.807) is 11.0 Å². The number of ketones is 1. The number of hydrogen-bond acceptors (Lipinski definition) is 5. The smallest absolute Gasteiger partial charge is 0.204 e. The SMILES string of the molecule is CC1=CC(n2cncn2)CC(Cl)=C1NC1=NCC2C(C)C2(C)C1=O. The Bertz CT molecular complexity index is 794. The summed E-state index contributed by atoms with van der Waals surface area (Å²) in [6.07, 6.45) is 5.89. The van der Waals surface area contributed by atoms with E-state index in [9.17, 15) is 4.79 Å². The summed E-state index contributed by atoms with van der Waals surface area (Å²) in [5.74, 6) is 1.34. The van der Waals surface area contributed by atoms with Gasteiger partial charge in [0.05, 0.1) is 11.7 Å². The van der Waals surface area contributed by atoms with Gasteiger partial charge in [-0.25, -0.2) is 9.67 Å². The molecule has 1 fully saturated rings. The zero-order chi connectivity index (χ0) is 17.1. The van der Waals surface area contributed by atoms with Gasteiger partial charge >= 0.3 is 0 Å². The van der Waals surface area contributed by atoms with Gasteiger partial charge in [0.25, 0.3) is 0 Å². The number of allylic oxidation sites excluding steroid dienone is 3. The second-order valence-electron chi connectivity index (χ2n) is 7.10. The molecule has 1 aromatic rings. The van der Waals surface area contributed by atoms with E-state index >= 15 is 0 Å². The molecule has 6 nitrogen and oxygen atoms in total. The molecule has 0 amide bonds. The lowest BCUT2D eigenvalue weighted by molar-refractivity contribution is -0.118. The Morgan fingerprint density at radius 2 is 2.25 bits per heavy atom. The van der Waals surface area contributed by atoms with Crippen molar-refractivity contribution in [2.75, 3.05) is 6.54 Å². The van der Waals surface area contributed by atoms with Crippen molar-refractivity contribution in [1.29, 1.82) is 0 Å². The fraction of sp³-hybridized carbons (Fsp3) is 0.529. The summed E-state index contributed by atoms with van der Waals surface area (Å²) in [5.41, 5.74) is 1.51. The summed E-state index contributed by atoms with van der Waals surface area (Å²) >= 11 is 6.51. The summed E-state index contributed by atoms with van der Waals surface area (Å²) in [6, 6.07) is 0.0416. The molecule has 0 aromatic carbocycles. The number of Topliss-reactive ketones (excluding diaryl/α,β-unsaturated/α-hetero) is 1. The van der Waals surface area contributed by atoms with Crippen LogP contribution in [-0.2, 0) is 4.79 Å². The van der Waals surface area contributed by atoms with Crippen molar-refractivity contribution in [2.45, 2.75) is 33.2 Å². The number of amidine groups is 1. The number of aliphatic imine (C=N–C) groups is 1. The second kappa shape index (κ2) is 5.28. The number of rotatable bonds is 2. The van der Waals surface area contributed by atoms with E-state index in [1.807, 2.05) is 13.8 Å². The van der Waals surface area contributed by atoms with Crippen LogP contribution in [0.15, 0.2) is 40.0 Å². The molecule has 4 unspecified atom stereocenters. The third-order valence-corrected chi connectivity index (χ3v) is 6.22. The average Bonchev–Trinajstić information content (AvgIpc) is 2.95. The fourth-order valence-electron chi connectivity index (χ4n) is 3.94. The first-order chi connectivity index (χ1) is 11.4. The standard InChI is InChI=1S/C17H20ClN5O/c1-9-4-11(23-8-19-7-21-23)5-13(18)14(9)22-16-15(24)17(3)10(2)12(17)6-20-16/h4,7-8,10-12H,5-6H2,1-3H3,(H,20,22). The quantitative estimate of drug-likeness (QED) is 0.893. The van der Waals surface area contributed by atoms with E-state index in [2.05, 4.69) is 33.4 Å². The van der Waals surface area contributed by atoms with Crippen molar-refractivity contribution in [3.05, 3.63) is 35.0 Å². The van der Waals surface area contributed by atoms with E-state index in [0.29, 0.717) is 35.7 Å². The van der Waals surface area contributed by atoms with Crippen molar-refractivity contribution in [3.63, 3.8) is 0 Å². The Hall–Kier alpha value is -1.95. The number of carbonyl (C=O) groups excluding carboxylic acids is 1. The van der Waals surface area contributed by atoms with E-state index in [4.69, 9.17) is 11.6 Å². The highest BCUT2D eigenvalue weighted by atomic mass is 35.5. The maximum absolute atomic E-state index is 12.7. The normalized spacial score (nSPS) is 35.3. The predicted octanol–water partition coefficient (Wildman–Crippen LogP) is 2.46. The molecular formula is C17H20ClN5O. The van der Waals surface area contributed by atoms with Gasteiger partial charge in [0.1, 0.15) is 12.7 Å². The summed E-state index contributed by atoms with van der Waals surface area (Å²) in [6.45, 7) is 6.86. The number of carbonyl (C=O) groups is 1. The molecule has 1 N–H and O–H groups in total. The molecule has 7 heteroatoms. The topological polar surface area (TPSA) is 72.2 Å². The third kappa shape index (κ3) is 2.16. The highest BCUT2D eigenvalue weighted by Crippen LogP contribution is 2.60. The van der Waals surface area contributed by atoms with Gasteiger partial charge in [-0.3, -0.25) is 9.79 Å². The lowest BCUT2D eigenvalue weighted by Gasteiger charge is -2.25. The summed E-state index contributed by atoms with van der Waals surface area (Å²) < 4.78 is 1.78. The van der Waals surface area contributed by atoms with E-state index in [-0.39, 0.29) is 17.2 Å². The van der Waals surface area contributed by atoms with Crippen LogP contribution in [0.3, 0.4) is 0 Å². The Kier molecular flexibility index (Phi) is 3.42. The zero-order valence-corrected chi connectivity index (χ0v) is 14.7. The second-order valence-corrected chi connectivity index (χ2v) is 7.55. The van der Waals surface area contributed by atoms with Crippen LogP contribution in [-0.4, -0.2) is 32.9 Å². The molecule has 126 valence electrons. The first-order valence-electron chi connectivity index (χ1n) is 8.20. The van der Waals surface area contributed by atoms with Crippen LogP contribution in [0.5, 0.6) is 0 Å². The molecular weight excluding hydrogens is 326 g/mol. The zero-order valence-electron chi connectivity index (χ0n) is 14.0. The van der Waals surface area contributed by atoms with Gasteiger partial charge in [-0.15, -0.1) is 0 Å². The number of nitrogens with one attached hydrogen (secondary N) is 1. The summed E-state index contributed by atoms with van der Waals surface area (Å²) in [4.78, 5) is 21.2. The van der Waals surface area contributed by atoms with Crippen LogP contribution in [0, 0.1) is 17.3 Å². The van der Waals surface area contributed by atoms with Gasteiger partial charge in [0.15, 0.2) is 5.84 Å². The molecule has 1 saturated carbocycles. The molecule has 0 radical (unpaired) electrons. The van der Waals surface area contributed by atoms with Crippen LogP contribution in [0.4, 0.5) is 0 Å². The highest BCUT2D eigenvalue weighted by Gasteiger charge is 2.65. The first kappa shape index (κ1) is 15.6. The molecule has 0 bridgehead atoms. The van der Waals surface area contributed by atoms with Crippen LogP contribution < -0.4 is 5.32 Å². The van der Waals surface area contributed by atoms with Crippen molar-refractivity contribution >= 4 is 23.2 Å². The van der Waals surface area contributed by atoms with Gasteiger partial charge in [-0.2, -0.15) is 5.10 Å². The first-order valence-corrected chi connectivity index (χ1v) is 8.58. The molecule has 1 aromatic heterocycles. The molecule has 0 saturated heterocycles. The lowest BCUT2D eigenvalue weighted by atomic mass is 9.94. The van der Waals surface area contributed by atoms with Gasteiger partial charge in [-0.05, 0) is 24.3 Å².